The molecule has 6 nitrogen and oxygen atoms in total. The van der Waals surface area contributed by atoms with Crippen molar-refractivity contribution in [3.05, 3.63) is 24.4 Å². The maximum absolute atomic E-state index is 12.5. The molecule has 0 spiro atoms. The highest BCUT2D eigenvalue weighted by atomic mass is 16.2. The van der Waals surface area contributed by atoms with Crippen LogP contribution in [0.5, 0.6) is 0 Å². The van der Waals surface area contributed by atoms with Crippen LogP contribution in [0.25, 0.3) is 10.9 Å². The Morgan fingerprint density at radius 1 is 1.39 bits per heavy atom. The molecule has 0 saturated carbocycles. The first kappa shape index (κ1) is 15.5. The molecule has 122 valence electrons. The van der Waals surface area contributed by atoms with Crippen molar-refractivity contribution in [1.82, 2.24) is 14.7 Å². The highest BCUT2D eigenvalue weighted by Crippen LogP contribution is 2.20. The molecule has 2 amide bonds. The van der Waals surface area contributed by atoms with Crippen LogP contribution >= 0.6 is 0 Å². The molecule has 6 heteroatoms. The van der Waals surface area contributed by atoms with Gasteiger partial charge in [-0.25, -0.2) is 0 Å². The van der Waals surface area contributed by atoms with Gasteiger partial charge in [-0.1, -0.05) is 6.92 Å². The van der Waals surface area contributed by atoms with Gasteiger partial charge in [0.2, 0.25) is 11.8 Å². The van der Waals surface area contributed by atoms with Gasteiger partial charge >= 0.3 is 0 Å². The third-order valence-corrected chi connectivity index (χ3v) is 4.32. The van der Waals surface area contributed by atoms with E-state index in [-0.39, 0.29) is 11.8 Å². The Labute approximate surface area is 135 Å². The van der Waals surface area contributed by atoms with Gasteiger partial charge in [0.15, 0.2) is 0 Å². The molecule has 1 N–H and O–H groups in total. The Kier molecular flexibility index (Phi) is 4.32. The van der Waals surface area contributed by atoms with Crippen LogP contribution in [-0.2, 0) is 16.1 Å². The second-order valence-corrected chi connectivity index (χ2v) is 5.86. The molecule has 1 aromatic heterocycles. The van der Waals surface area contributed by atoms with E-state index in [1.807, 2.05) is 42.9 Å². The lowest BCUT2D eigenvalue weighted by Crippen LogP contribution is -2.44. The Morgan fingerprint density at radius 2 is 2.22 bits per heavy atom. The van der Waals surface area contributed by atoms with E-state index < -0.39 is 6.04 Å². The minimum absolute atomic E-state index is 0.0733. The number of benzene rings is 1. The molecule has 23 heavy (non-hydrogen) atoms. The summed E-state index contributed by atoms with van der Waals surface area (Å²) >= 11 is 0. The van der Waals surface area contributed by atoms with Crippen LogP contribution in [0.3, 0.4) is 0 Å². The molecule has 1 saturated heterocycles. The van der Waals surface area contributed by atoms with E-state index in [0.29, 0.717) is 25.1 Å². The van der Waals surface area contributed by atoms with Gasteiger partial charge < -0.3 is 10.2 Å². The van der Waals surface area contributed by atoms with Crippen molar-refractivity contribution in [1.29, 1.82) is 0 Å². The van der Waals surface area contributed by atoms with Gasteiger partial charge in [-0.15, -0.1) is 0 Å². The molecule has 0 unspecified atom stereocenters. The number of anilines is 1. The smallest absolute Gasteiger partial charge is 0.247 e. The number of nitrogens with zero attached hydrogens (tertiary/aromatic N) is 3. The topological polar surface area (TPSA) is 67.2 Å². The van der Waals surface area contributed by atoms with Crippen LogP contribution < -0.4 is 5.32 Å². The van der Waals surface area contributed by atoms with Gasteiger partial charge in [-0.3, -0.25) is 14.3 Å². The summed E-state index contributed by atoms with van der Waals surface area (Å²) in [5.74, 6) is -0.0545. The Hall–Kier alpha value is -2.37. The molecule has 1 fully saturated rings. The normalized spacial score (nSPS) is 16.1. The van der Waals surface area contributed by atoms with Gasteiger partial charge in [0, 0.05) is 36.8 Å². The number of carbonyl (C=O) groups excluding carboxylic acids is 2. The first-order chi connectivity index (χ1) is 11.1. The number of nitrogens with one attached hydrogen (secondary N) is 1. The summed E-state index contributed by atoms with van der Waals surface area (Å²) < 4.78 is 1.87. The van der Waals surface area contributed by atoms with Crippen LogP contribution in [0.1, 0.15) is 33.1 Å². The molecule has 0 aliphatic carbocycles. The lowest BCUT2D eigenvalue weighted by atomic mass is 10.1. The number of rotatable bonds is 5. The molecular formula is C17H22N4O2. The zero-order valence-corrected chi connectivity index (χ0v) is 13.6. The standard InChI is InChI=1S/C17H22N4O2/c1-3-15(21-9-5-6-16(21)22)17(23)18-13-8-7-12-11-20(4-2)19-14(12)10-13/h7-8,10-11,15H,3-6,9H2,1-2H3,(H,18,23)/t15-/m1/s1. The average molecular weight is 314 g/mol. The average Bonchev–Trinajstić information content (AvgIpc) is 3.14. The molecule has 2 aromatic rings. The van der Waals surface area contributed by atoms with Crippen molar-refractivity contribution in [2.75, 3.05) is 11.9 Å². The summed E-state index contributed by atoms with van der Waals surface area (Å²) in [6, 6.07) is 5.30. The van der Waals surface area contributed by atoms with Crippen LogP contribution in [0, 0.1) is 0 Å². The fraction of sp³-hybridized carbons (Fsp3) is 0.471. The third kappa shape index (κ3) is 3.06. The maximum Gasteiger partial charge on any atom is 0.247 e. The SMILES string of the molecule is CC[C@H](C(=O)Nc1ccc2cn(CC)nc2c1)N1CCCC1=O. The van der Waals surface area contributed by atoms with Crippen molar-refractivity contribution in [3.63, 3.8) is 0 Å². The summed E-state index contributed by atoms with van der Waals surface area (Å²) in [6.45, 7) is 5.45. The molecular weight excluding hydrogens is 292 g/mol. The molecule has 2 heterocycles. The predicted molar refractivity (Wildman–Crippen MR) is 89.1 cm³/mol. The zero-order chi connectivity index (χ0) is 16.4. The van der Waals surface area contributed by atoms with Gasteiger partial charge in [0.25, 0.3) is 0 Å². The van der Waals surface area contributed by atoms with Gasteiger partial charge in [-0.05, 0) is 38.0 Å². The van der Waals surface area contributed by atoms with Crippen molar-refractivity contribution in [2.45, 2.75) is 45.7 Å². The minimum Gasteiger partial charge on any atom is -0.331 e. The lowest BCUT2D eigenvalue weighted by molar-refractivity contribution is -0.135. The van der Waals surface area contributed by atoms with Gasteiger partial charge in [0.05, 0.1) is 5.52 Å². The van der Waals surface area contributed by atoms with Crippen LogP contribution in [0.4, 0.5) is 5.69 Å². The minimum atomic E-state index is -0.395. The molecule has 1 aliphatic rings. The van der Waals surface area contributed by atoms with Crippen LogP contribution in [0.2, 0.25) is 0 Å². The van der Waals surface area contributed by atoms with E-state index in [9.17, 15) is 9.59 Å². The van der Waals surface area contributed by atoms with Crippen molar-refractivity contribution < 1.29 is 9.59 Å². The number of aryl methyl sites for hydroxylation is 1. The van der Waals surface area contributed by atoms with E-state index >= 15 is 0 Å². The van der Waals surface area contributed by atoms with Gasteiger partial charge in [0.1, 0.15) is 6.04 Å². The molecule has 0 bridgehead atoms. The summed E-state index contributed by atoms with van der Waals surface area (Å²) in [6.07, 6.45) is 3.98. The second kappa shape index (κ2) is 6.40. The highest BCUT2D eigenvalue weighted by molar-refractivity contribution is 5.98. The highest BCUT2D eigenvalue weighted by Gasteiger charge is 2.31. The Balaban J connectivity index is 1.77. The first-order valence-electron chi connectivity index (χ1n) is 8.20. The summed E-state index contributed by atoms with van der Waals surface area (Å²) in [5.41, 5.74) is 1.57. The van der Waals surface area contributed by atoms with E-state index in [1.165, 1.54) is 0 Å². The van der Waals surface area contributed by atoms with E-state index in [2.05, 4.69) is 10.4 Å². The molecule has 1 atom stereocenters. The molecule has 3 rings (SSSR count). The van der Waals surface area contributed by atoms with Crippen LogP contribution in [0.15, 0.2) is 24.4 Å². The van der Waals surface area contributed by atoms with Crippen LogP contribution in [-0.4, -0.2) is 39.1 Å². The monoisotopic (exact) mass is 314 g/mol. The molecule has 1 aliphatic heterocycles. The number of hydrogen-bond acceptors (Lipinski definition) is 3. The van der Waals surface area contributed by atoms with E-state index in [4.69, 9.17) is 0 Å². The number of aromatic nitrogens is 2. The fourth-order valence-corrected chi connectivity index (χ4v) is 3.08. The first-order valence-corrected chi connectivity index (χ1v) is 8.20. The predicted octanol–water partition coefficient (Wildman–Crippen LogP) is 2.40. The summed E-state index contributed by atoms with van der Waals surface area (Å²) in [5, 5.41) is 8.43. The second-order valence-electron chi connectivity index (χ2n) is 5.86. The van der Waals surface area contributed by atoms with Crippen molar-refractivity contribution in [3.8, 4) is 0 Å². The largest absolute Gasteiger partial charge is 0.331 e. The number of fused-ring (bicyclic) bond motifs is 1. The van der Waals surface area contributed by atoms with Crippen molar-refractivity contribution in [2.24, 2.45) is 0 Å². The quantitative estimate of drug-likeness (QED) is 0.921. The van der Waals surface area contributed by atoms with E-state index in [1.54, 1.807) is 4.90 Å². The zero-order valence-electron chi connectivity index (χ0n) is 13.6. The third-order valence-electron chi connectivity index (χ3n) is 4.32. The summed E-state index contributed by atoms with van der Waals surface area (Å²) in [4.78, 5) is 26.1. The van der Waals surface area contributed by atoms with Crippen molar-refractivity contribution >= 4 is 28.4 Å². The molecule has 0 radical (unpaired) electrons. The number of likely N-dealkylation sites (tertiary alicyclic amines) is 1. The Morgan fingerprint density at radius 3 is 2.87 bits per heavy atom. The van der Waals surface area contributed by atoms with E-state index in [0.717, 1.165) is 23.9 Å². The maximum atomic E-state index is 12.5. The molecule has 1 aromatic carbocycles. The number of hydrogen-bond donors (Lipinski definition) is 1. The fourth-order valence-electron chi connectivity index (χ4n) is 3.08. The number of carbonyl (C=O) groups is 2. The van der Waals surface area contributed by atoms with Gasteiger partial charge in [-0.2, -0.15) is 5.10 Å². The summed E-state index contributed by atoms with van der Waals surface area (Å²) in [7, 11) is 0. The number of amides is 2. The Bertz CT molecular complexity index is 737. The lowest BCUT2D eigenvalue weighted by Gasteiger charge is -2.25.